The molecule has 1 N–H and O–H groups in total. The first-order chi connectivity index (χ1) is 5.35. The summed E-state index contributed by atoms with van der Waals surface area (Å²) in [6, 6.07) is 0.736. The van der Waals surface area contributed by atoms with Crippen LogP contribution in [0.2, 0.25) is 0 Å². The zero-order valence-electron chi connectivity index (χ0n) is 8.02. The molecule has 0 spiro atoms. The van der Waals surface area contributed by atoms with Gasteiger partial charge in [0.05, 0.1) is 0 Å². The Morgan fingerprint density at radius 1 is 1.36 bits per heavy atom. The zero-order chi connectivity index (χ0) is 8.53. The van der Waals surface area contributed by atoms with Gasteiger partial charge in [-0.05, 0) is 19.2 Å². The van der Waals surface area contributed by atoms with Gasteiger partial charge >= 0.3 is 0 Å². The van der Waals surface area contributed by atoms with Crippen LogP contribution in [0.1, 0.15) is 33.1 Å². The molecule has 68 valence electrons. The highest BCUT2D eigenvalue weighted by Gasteiger charge is 2.03. The molecule has 0 aliphatic heterocycles. The molecule has 1 atom stereocenters. The Kier molecular flexibility index (Phi) is 8.64. The van der Waals surface area contributed by atoms with Gasteiger partial charge in [0.1, 0.15) is 0 Å². The van der Waals surface area contributed by atoms with Crippen LogP contribution in [0.5, 0.6) is 0 Å². The minimum absolute atomic E-state index is 0.736. The number of rotatable bonds is 7. The van der Waals surface area contributed by atoms with E-state index in [0.29, 0.717) is 0 Å². The second kappa shape index (κ2) is 8.41. The van der Waals surface area contributed by atoms with Gasteiger partial charge in [-0.1, -0.05) is 26.7 Å². The number of thioether (sulfide) groups is 1. The van der Waals surface area contributed by atoms with E-state index in [9.17, 15) is 0 Å². The third kappa shape index (κ3) is 6.70. The summed E-state index contributed by atoms with van der Waals surface area (Å²) in [6.07, 6.45) is 4.00. The van der Waals surface area contributed by atoms with Crippen LogP contribution in [-0.2, 0) is 0 Å². The van der Waals surface area contributed by atoms with Crippen molar-refractivity contribution in [3.63, 3.8) is 0 Å². The van der Waals surface area contributed by atoms with Crippen LogP contribution < -0.4 is 5.32 Å². The van der Waals surface area contributed by atoms with Crippen LogP contribution in [0, 0.1) is 0 Å². The number of hydrogen-bond donors (Lipinski definition) is 1. The fourth-order valence-corrected chi connectivity index (χ4v) is 1.88. The highest BCUT2D eigenvalue weighted by molar-refractivity contribution is 7.99. The Morgan fingerprint density at radius 2 is 2.09 bits per heavy atom. The Labute approximate surface area is 75.3 Å². The van der Waals surface area contributed by atoms with E-state index in [1.54, 1.807) is 0 Å². The fourth-order valence-electron chi connectivity index (χ4n) is 1.02. The lowest BCUT2D eigenvalue weighted by Crippen LogP contribution is -2.27. The third-order valence-electron chi connectivity index (χ3n) is 1.84. The molecule has 11 heavy (non-hydrogen) atoms. The number of hydrogen-bond acceptors (Lipinski definition) is 2. The van der Waals surface area contributed by atoms with E-state index in [0.717, 1.165) is 6.04 Å². The van der Waals surface area contributed by atoms with Crippen molar-refractivity contribution in [2.24, 2.45) is 0 Å². The molecule has 1 nitrogen and oxygen atoms in total. The number of nitrogens with one attached hydrogen (secondary N) is 1. The molecule has 0 heterocycles. The van der Waals surface area contributed by atoms with Crippen LogP contribution in [0.15, 0.2) is 0 Å². The standard InChI is InChI=1S/C9H21NS/c1-4-6-7-9(10-3)8-11-5-2/h9-10H,4-8H2,1-3H3. The summed E-state index contributed by atoms with van der Waals surface area (Å²) in [5, 5.41) is 3.35. The molecule has 0 aliphatic rings. The van der Waals surface area contributed by atoms with Gasteiger partial charge in [0, 0.05) is 11.8 Å². The van der Waals surface area contributed by atoms with Gasteiger partial charge in [0.15, 0.2) is 0 Å². The minimum Gasteiger partial charge on any atom is -0.316 e. The monoisotopic (exact) mass is 175 g/mol. The van der Waals surface area contributed by atoms with E-state index in [4.69, 9.17) is 0 Å². The molecular weight excluding hydrogens is 154 g/mol. The molecule has 0 rings (SSSR count). The molecule has 0 aliphatic carbocycles. The molecule has 2 heteroatoms. The van der Waals surface area contributed by atoms with E-state index in [-0.39, 0.29) is 0 Å². The third-order valence-corrected chi connectivity index (χ3v) is 2.88. The molecule has 0 fully saturated rings. The molecule has 0 saturated heterocycles. The first-order valence-electron chi connectivity index (χ1n) is 4.60. The molecule has 0 aromatic rings. The van der Waals surface area contributed by atoms with Gasteiger partial charge in [-0.3, -0.25) is 0 Å². The fraction of sp³-hybridized carbons (Fsp3) is 1.00. The van der Waals surface area contributed by atoms with Crippen LogP contribution >= 0.6 is 11.8 Å². The molecule has 0 saturated carbocycles. The van der Waals surface area contributed by atoms with E-state index >= 15 is 0 Å². The SMILES string of the molecule is CCCCC(CSCC)NC. The molecule has 1 unspecified atom stereocenters. The lowest BCUT2D eigenvalue weighted by Gasteiger charge is -2.14. The van der Waals surface area contributed by atoms with Gasteiger partial charge in [0.2, 0.25) is 0 Å². The molecule has 0 radical (unpaired) electrons. The Bertz CT molecular complexity index is 68.0. The maximum Gasteiger partial charge on any atom is 0.0155 e. The lowest BCUT2D eigenvalue weighted by atomic mass is 10.1. The van der Waals surface area contributed by atoms with Crippen LogP contribution in [0.4, 0.5) is 0 Å². The highest BCUT2D eigenvalue weighted by Crippen LogP contribution is 2.07. The van der Waals surface area contributed by atoms with E-state index in [2.05, 4.69) is 26.2 Å². The summed E-state index contributed by atoms with van der Waals surface area (Å²) in [6.45, 7) is 4.47. The van der Waals surface area contributed by atoms with Gasteiger partial charge in [-0.2, -0.15) is 11.8 Å². The second-order valence-corrected chi connectivity index (χ2v) is 4.11. The normalized spacial score (nSPS) is 13.4. The van der Waals surface area contributed by atoms with Gasteiger partial charge in [-0.15, -0.1) is 0 Å². The summed E-state index contributed by atoms with van der Waals surface area (Å²) < 4.78 is 0. The van der Waals surface area contributed by atoms with Crippen molar-refractivity contribution in [1.82, 2.24) is 5.32 Å². The topological polar surface area (TPSA) is 12.0 Å². The maximum atomic E-state index is 3.35. The molecule has 0 aromatic heterocycles. The predicted molar refractivity (Wildman–Crippen MR) is 55.4 cm³/mol. The second-order valence-electron chi connectivity index (χ2n) is 2.79. The molecule has 0 bridgehead atoms. The Balaban J connectivity index is 3.25. The zero-order valence-corrected chi connectivity index (χ0v) is 8.84. The van der Waals surface area contributed by atoms with Crippen LogP contribution in [0.25, 0.3) is 0 Å². The summed E-state index contributed by atoms with van der Waals surface area (Å²) in [4.78, 5) is 0. The van der Waals surface area contributed by atoms with Crippen molar-refractivity contribution in [3.8, 4) is 0 Å². The van der Waals surface area contributed by atoms with Gasteiger partial charge < -0.3 is 5.32 Å². The average Bonchev–Trinajstić information content (AvgIpc) is 2.05. The average molecular weight is 175 g/mol. The Hall–Kier alpha value is 0.310. The summed E-state index contributed by atoms with van der Waals surface area (Å²) in [5.74, 6) is 2.51. The Morgan fingerprint density at radius 3 is 2.55 bits per heavy atom. The first-order valence-corrected chi connectivity index (χ1v) is 5.75. The van der Waals surface area contributed by atoms with Crippen molar-refractivity contribution in [1.29, 1.82) is 0 Å². The summed E-state index contributed by atoms with van der Waals surface area (Å²) in [7, 11) is 2.07. The van der Waals surface area contributed by atoms with Crippen molar-refractivity contribution in [2.75, 3.05) is 18.6 Å². The summed E-state index contributed by atoms with van der Waals surface area (Å²) in [5.41, 5.74) is 0. The minimum atomic E-state index is 0.736. The van der Waals surface area contributed by atoms with Crippen molar-refractivity contribution in [2.45, 2.75) is 39.2 Å². The van der Waals surface area contributed by atoms with Crippen molar-refractivity contribution in [3.05, 3.63) is 0 Å². The molecular formula is C9H21NS. The number of unbranched alkanes of at least 4 members (excludes halogenated alkanes) is 1. The van der Waals surface area contributed by atoms with Gasteiger partial charge in [0.25, 0.3) is 0 Å². The van der Waals surface area contributed by atoms with E-state index < -0.39 is 0 Å². The largest absolute Gasteiger partial charge is 0.316 e. The van der Waals surface area contributed by atoms with Crippen molar-refractivity contribution >= 4 is 11.8 Å². The molecule has 0 amide bonds. The summed E-state index contributed by atoms with van der Waals surface area (Å²) >= 11 is 2.03. The van der Waals surface area contributed by atoms with Gasteiger partial charge in [-0.25, -0.2) is 0 Å². The maximum absolute atomic E-state index is 3.35. The first kappa shape index (κ1) is 11.3. The lowest BCUT2D eigenvalue weighted by molar-refractivity contribution is 0.544. The van der Waals surface area contributed by atoms with E-state index in [1.165, 1.54) is 30.8 Å². The van der Waals surface area contributed by atoms with Crippen molar-refractivity contribution < 1.29 is 0 Å². The van der Waals surface area contributed by atoms with E-state index in [1.807, 2.05) is 11.8 Å². The smallest absolute Gasteiger partial charge is 0.0155 e. The quantitative estimate of drug-likeness (QED) is 0.638. The predicted octanol–water partition coefficient (Wildman–Crippen LogP) is 2.52. The van der Waals surface area contributed by atoms with Crippen LogP contribution in [-0.4, -0.2) is 24.6 Å². The van der Waals surface area contributed by atoms with Crippen LogP contribution in [0.3, 0.4) is 0 Å². The molecule has 0 aromatic carbocycles. The highest BCUT2D eigenvalue weighted by atomic mass is 32.2.